The third-order valence-corrected chi connectivity index (χ3v) is 10.1. The molecule has 1 saturated carbocycles. The van der Waals surface area contributed by atoms with Crippen LogP contribution in [0.15, 0.2) is 59.5 Å². The molecule has 3 N–H and O–H groups in total. The fourth-order valence-electron chi connectivity index (χ4n) is 4.78. The van der Waals surface area contributed by atoms with E-state index >= 15 is 0 Å². The van der Waals surface area contributed by atoms with Crippen LogP contribution >= 0.6 is 34.5 Å². The zero-order valence-electron chi connectivity index (χ0n) is 21.3. The summed E-state index contributed by atoms with van der Waals surface area (Å²) in [5.74, 6) is 2.78. The molecule has 2 aromatic heterocycles. The fraction of sp³-hybridized carbons (Fsp3) is 0.333. The van der Waals surface area contributed by atoms with Gasteiger partial charge in [-0.25, -0.2) is 18.1 Å². The molecule has 0 atom stereocenters. The lowest BCUT2D eigenvalue weighted by molar-refractivity contribution is 0.284. The number of rotatable bonds is 10. The zero-order chi connectivity index (χ0) is 27.4. The van der Waals surface area contributed by atoms with E-state index in [1.165, 1.54) is 6.07 Å². The topological polar surface area (TPSA) is 105 Å². The summed E-state index contributed by atoms with van der Waals surface area (Å²) in [6.07, 6.45) is 3.86. The smallest absolute Gasteiger partial charge is 0.242 e. The van der Waals surface area contributed by atoms with Crippen LogP contribution in [0.1, 0.15) is 25.7 Å². The van der Waals surface area contributed by atoms with Crippen molar-refractivity contribution in [2.75, 3.05) is 30.8 Å². The van der Waals surface area contributed by atoms with Gasteiger partial charge in [-0.1, -0.05) is 41.4 Å². The minimum absolute atomic E-state index is 0.0488. The van der Waals surface area contributed by atoms with Crippen molar-refractivity contribution in [2.24, 2.45) is 11.8 Å². The Kier molecular flexibility index (Phi) is 8.78. The second kappa shape index (κ2) is 12.3. The van der Waals surface area contributed by atoms with Crippen molar-refractivity contribution in [3.05, 3.63) is 63.3 Å². The first-order valence-corrected chi connectivity index (χ1v) is 15.7. The highest BCUT2D eigenvalue weighted by molar-refractivity contribution is 7.89. The van der Waals surface area contributed by atoms with Crippen LogP contribution in [0.2, 0.25) is 8.67 Å². The summed E-state index contributed by atoms with van der Waals surface area (Å²) in [4.78, 5) is 9.55. The Balaban J connectivity index is 1.17. The van der Waals surface area contributed by atoms with Crippen LogP contribution in [0.3, 0.4) is 0 Å². The normalized spacial score (nSPS) is 17.7. The van der Waals surface area contributed by atoms with Crippen molar-refractivity contribution in [2.45, 2.75) is 30.6 Å². The number of halogens is 2. The molecule has 39 heavy (non-hydrogen) atoms. The zero-order valence-corrected chi connectivity index (χ0v) is 24.4. The predicted octanol–water partition coefficient (Wildman–Crippen LogP) is 6.95. The maximum Gasteiger partial charge on any atom is 0.242 e. The molecule has 1 fully saturated rings. The minimum Gasteiger partial charge on any atom is -0.497 e. The number of nitrogens with one attached hydrogen (secondary N) is 3. The number of aromatic nitrogens is 2. The van der Waals surface area contributed by atoms with Crippen molar-refractivity contribution in [1.82, 2.24) is 14.7 Å². The van der Waals surface area contributed by atoms with Crippen LogP contribution < -0.4 is 20.1 Å². The highest BCUT2D eigenvalue weighted by Gasteiger charge is 2.25. The molecule has 206 valence electrons. The van der Waals surface area contributed by atoms with Crippen molar-refractivity contribution >= 4 is 72.9 Å². The Hall–Kier alpha value is -2.63. The highest BCUT2D eigenvalue weighted by Crippen LogP contribution is 2.35. The molecule has 0 radical (unpaired) electrons. The van der Waals surface area contributed by atoms with Gasteiger partial charge < -0.3 is 15.4 Å². The molecule has 1 aliphatic rings. The third kappa shape index (κ3) is 6.93. The van der Waals surface area contributed by atoms with Gasteiger partial charge in [0, 0.05) is 30.2 Å². The van der Waals surface area contributed by atoms with Gasteiger partial charge in [-0.3, -0.25) is 0 Å². The van der Waals surface area contributed by atoms with Crippen LogP contribution in [-0.2, 0) is 10.0 Å². The molecule has 0 aliphatic heterocycles. The van der Waals surface area contributed by atoms with Gasteiger partial charge >= 0.3 is 0 Å². The third-order valence-electron chi connectivity index (χ3n) is 6.93. The Morgan fingerprint density at radius 2 is 1.72 bits per heavy atom. The summed E-state index contributed by atoms with van der Waals surface area (Å²) in [5, 5.41) is 7.77. The molecular formula is C27H29Cl2N5O3S2. The molecule has 8 nitrogen and oxygen atoms in total. The number of sulfonamides is 1. The lowest BCUT2D eigenvalue weighted by Gasteiger charge is -2.28. The number of benzene rings is 2. The maximum atomic E-state index is 12.6. The van der Waals surface area contributed by atoms with Gasteiger partial charge in [0.05, 0.1) is 17.0 Å². The Bertz CT molecular complexity index is 1560. The van der Waals surface area contributed by atoms with Crippen LogP contribution in [0.4, 0.5) is 17.5 Å². The van der Waals surface area contributed by atoms with E-state index in [9.17, 15) is 8.42 Å². The maximum absolute atomic E-state index is 12.6. The van der Waals surface area contributed by atoms with Gasteiger partial charge in [0.15, 0.2) is 0 Å². The Morgan fingerprint density at radius 1 is 0.974 bits per heavy atom. The molecule has 2 aromatic carbocycles. The quantitative estimate of drug-likeness (QED) is 0.180. The summed E-state index contributed by atoms with van der Waals surface area (Å²) in [6, 6.07) is 17.0. The molecule has 5 rings (SSSR count). The summed E-state index contributed by atoms with van der Waals surface area (Å²) in [6.45, 7) is 1.14. The number of thiophene rings is 1. The molecular weight excluding hydrogens is 577 g/mol. The van der Waals surface area contributed by atoms with Crippen LogP contribution in [-0.4, -0.2) is 38.6 Å². The van der Waals surface area contributed by atoms with Crippen molar-refractivity contribution < 1.29 is 13.2 Å². The van der Waals surface area contributed by atoms with Gasteiger partial charge in [-0.15, -0.1) is 11.3 Å². The number of methoxy groups -OCH3 is 1. The average molecular weight is 607 g/mol. The van der Waals surface area contributed by atoms with Crippen LogP contribution in [0.5, 0.6) is 5.75 Å². The number of anilines is 3. The molecule has 0 unspecified atom stereocenters. The lowest BCUT2D eigenvalue weighted by Crippen LogP contribution is -2.32. The monoisotopic (exact) mass is 605 g/mol. The van der Waals surface area contributed by atoms with Gasteiger partial charge in [0.25, 0.3) is 0 Å². The van der Waals surface area contributed by atoms with E-state index < -0.39 is 10.0 Å². The van der Waals surface area contributed by atoms with Gasteiger partial charge in [-0.05, 0) is 67.9 Å². The number of ether oxygens (including phenoxy) is 1. The molecule has 4 aromatic rings. The number of para-hydroxylation sites is 1. The molecule has 0 spiro atoms. The second-order valence-electron chi connectivity index (χ2n) is 9.58. The first-order valence-electron chi connectivity index (χ1n) is 12.7. The minimum atomic E-state index is -3.68. The molecule has 0 saturated heterocycles. The number of hydrogen-bond acceptors (Lipinski definition) is 8. The second-order valence-corrected chi connectivity index (χ2v) is 13.6. The van der Waals surface area contributed by atoms with E-state index in [-0.39, 0.29) is 15.1 Å². The number of hydrogen-bond donors (Lipinski definition) is 3. The van der Waals surface area contributed by atoms with Crippen molar-refractivity contribution in [1.29, 1.82) is 0 Å². The molecule has 12 heteroatoms. The van der Waals surface area contributed by atoms with Crippen molar-refractivity contribution in [3.8, 4) is 5.75 Å². The van der Waals surface area contributed by atoms with Crippen molar-refractivity contribution in [3.63, 3.8) is 0 Å². The Morgan fingerprint density at radius 3 is 2.44 bits per heavy atom. The first kappa shape index (κ1) is 27.9. The highest BCUT2D eigenvalue weighted by atomic mass is 35.5. The van der Waals surface area contributed by atoms with Gasteiger partial charge in [0.2, 0.25) is 16.0 Å². The van der Waals surface area contributed by atoms with E-state index in [4.69, 9.17) is 37.9 Å². The summed E-state index contributed by atoms with van der Waals surface area (Å²) >= 11 is 13.0. The largest absolute Gasteiger partial charge is 0.497 e. The molecule has 1 aliphatic carbocycles. The molecule has 0 amide bonds. The fourth-order valence-corrected chi connectivity index (χ4v) is 8.04. The summed E-state index contributed by atoms with van der Waals surface area (Å²) < 4.78 is 33.8. The Labute approximate surface area is 242 Å². The van der Waals surface area contributed by atoms with E-state index in [1.54, 1.807) is 7.11 Å². The van der Waals surface area contributed by atoms with E-state index in [2.05, 4.69) is 15.4 Å². The van der Waals surface area contributed by atoms with E-state index in [0.717, 1.165) is 71.7 Å². The van der Waals surface area contributed by atoms with Crippen LogP contribution in [0, 0.1) is 11.8 Å². The number of nitrogens with zero attached hydrogens (tertiary/aromatic N) is 2. The average Bonchev–Trinajstić information content (AvgIpc) is 3.30. The summed E-state index contributed by atoms with van der Waals surface area (Å²) in [5.41, 5.74) is 1.73. The molecule has 0 bridgehead atoms. The van der Waals surface area contributed by atoms with E-state index in [1.807, 2.05) is 48.5 Å². The summed E-state index contributed by atoms with van der Waals surface area (Å²) in [7, 11) is -2.03. The van der Waals surface area contributed by atoms with Gasteiger partial charge in [-0.2, -0.15) is 4.98 Å². The lowest BCUT2D eigenvalue weighted by atomic mass is 9.82. The SMILES string of the molecule is COc1cccc(Nc2nc(NC[C@H]3CC[C@H](CNS(=O)(=O)c4cc(Cl)sc4Cl)CC3)nc3ccccc23)c1. The van der Waals surface area contributed by atoms with Gasteiger partial charge in [0.1, 0.15) is 20.8 Å². The number of fused-ring (bicyclic) bond motifs is 1. The van der Waals surface area contributed by atoms with Crippen LogP contribution in [0.25, 0.3) is 10.9 Å². The standard InChI is InChI=1S/C27H29Cl2N5O3S2/c1-37-20-6-4-5-19(13-20)32-26-21-7-2-3-8-22(21)33-27(34-26)30-15-17-9-11-18(12-10-17)16-31-39(35,36)23-14-24(28)38-25(23)29/h2-8,13-14,17-18,31H,9-12,15-16H2,1H3,(H2,30,32,33,34)/t17-,18-. The van der Waals surface area contributed by atoms with E-state index in [0.29, 0.717) is 22.7 Å². The molecule has 2 heterocycles. The first-order chi connectivity index (χ1) is 18.8. The predicted molar refractivity (Wildman–Crippen MR) is 159 cm³/mol.